The minimum Gasteiger partial charge on any atom is -0.356 e. The van der Waals surface area contributed by atoms with Crippen LogP contribution >= 0.6 is 12.4 Å². The van der Waals surface area contributed by atoms with Gasteiger partial charge in [0.1, 0.15) is 0 Å². The zero-order valence-electron chi connectivity index (χ0n) is 14.9. The van der Waals surface area contributed by atoms with Gasteiger partial charge in [0.25, 0.3) is 0 Å². The van der Waals surface area contributed by atoms with Gasteiger partial charge in [0, 0.05) is 19.6 Å². The van der Waals surface area contributed by atoms with E-state index in [9.17, 15) is 13.2 Å². The minimum atomic E-state index is -3.52. The molecule has 0 saturated carbocycles. The fourth-order valence-electron chi connectivity index (χ4n) is 3.62. The number of carbonyl (C=O) groups is 1. The van der Waals surface area contributed by atoms with Crippen molar-refractivity contribution in [2.45, 2.75) is 30.6 Å². The number of amides is 1. The van der Waals surface area contributed by atoms with Crippen LogP contribution in [0.3, 0.4) is 0 Å². The van der Waals surface area contributed by atoms with E-state index in [0.29, 0.717) is 23.9 Å². The highest BCUT2D eigenvalue weighted by atomic mass is 35.5. The third kappa shape index (κ3) is 5.19. The van der Waals surface area contributed by atoms with Gasteiger partial charge in [0.2, 0.25) is 15.9 Å². The topological polar surface area (TPSA) is 78.5 Å². The summed E-state index contributed by atoms with van der Waals surface area (Å²) in [7, 11) is -3.52. The molecule has 0 spiro atoms. The summed E-state index contributed by atoms with van der Waals surface area (Å²) in [6.07, 6.45) is 3.62. The number of hydrogen-bond acceptors (Lipinski definition) is 4. The molecular weight excluding hydrogens is 374 g/mol. The summed E-state index contributed by atoms with van der Waals surface area (Å²) in [5.74, 6) is 0.370. The molecule has 2 aliphatic rings. The molecule has 2 unspecified atom stereocenters. The average molecular weight is 402 g/mol. The van der Waals surface area contributed by atoms with Gasteiger partial charge in [-0.2, -0.15) is 4.31 Å². The highest BCUT2D eigenvalue weighted by Gasteiger charge is 2.33. The number of halogens is 1. The van der Waals surface area contributed by atoms with E-state index < -0.39 is 10.0 Å². The molecule has 2 fully saturated rings. The van der Waals surface area contributed by atoms with Gasteiger partial charge in [-0.15, -0.1) is 12.4 Å². The second-order valence-corrected chi connectivity index (χ2v) is 8.89. The van der Waals surface area contributed by atoms with E-state index in [-0.39, 0.29) is 30.8 Å². The lowest BCUT2D eigenvalue weighted by molar-refractivity contribution is -0.126. The van der Waals surface area contributed by atoms with E-state index in [2.05, 4.69) is 10.6 Å². The molecule has 2 atom stereocenters. The SMILES string of the molecule is Cl.O=C(NCCC1CCNC1)C1CCCN(S(=O)(=O)c2ccccc2)C1. The summed E-state index contributed by atoms with van der Waals surface area (Å²) >= 11 is 0. The van der Waals surface area contributed by atoms with Crippen molar-refractivity contribution in [2.24, 2.45) is 11.8 Å². The Bertz CT molecular complexity index is 678. The zero-order chi connectivity index (χ0) is 17.7. The predicted molar refractivity (Wildman–Crippen MR) is 104 cm³/mol. The minimum absolute atomic E-state index is 0. The van der Waals surface area contributed by atoms with Crippen LogP contribution < -0.4 is 10.6 Å². The second kappa shape index (κ2) is 9.69. The maximum atomic E-state index is 12.7. The third-order valence-corrected chi connectivity index (χ3v) is 7.03. The van der Waals surface area contributed by atoms with Crippen LogP contribution in [0.25, 0.3) is 0 Å². The van der Waals surface area contributed by atoms with Crippen LogP contribution in [-0.2, 0) is 14.8 Å². The van der Waals surface area contributed by atoms with Crippen molar-refractivity contribution >= 4 is 28.3 Å². The van der Waals surface area contributed by atoms with Crippen molar-refractivity contribution in [3.05, 3.63) is 30.3 Å². The Balaban J connectivity index is 0.00000243. The molecule has 0 aliphatic carbocycles. The summed E-state index contributed by atoms with van der Waals surface area (Å²) in [5, 5.41) is 6.33. The van der Waals surface area contributed by atoms with Gasteiger partial charge in [0.05, 0.1) is 10.8 Å². The van der Waals surface area contributed by atoms with Gasteiger partial charge < -0.3 is 10.6 Å². The monoisotopic (exact) mass is 401 g/mol. The molecule has 146 valence electrons. The molecule has 6 nitrogen and oxygen atoms in total. The van der Waals surface area contributed by atoms with Crippen LogP contribution in [0, 0.1) is 11.8 Å². The van der Waals surface area contributed by atoms with E-state index in [1.807, 2.05) is 0 Å². The van der Waals surface area contributed by atoms with E-state index in [1.54, 1.807) is 30.3 Å². The molecule has 1 aromatic carbocycles. The molecule has 2 heterocycles. The molecule has 2 aliphatic heterocycles. The first kappa shape index (κ1) is 21.2. The number of benzene rings is 1. The second-order valence-electron chi connectivity index (χ2n) is 6.95. The Morgan fingerprint density at radius 2 is 2.00 bits per heavy atom. The molecule has 0 radical (unpaired) electrons. The van der Waals surface area contributed by atoms with Crippen molar-refractivity contribution < 1.29 is 13.2 Å². The van der Waals surface area contributed by atoms with E-state index >= 15 is 0 Å². The first-order valence-electron chi connectivity index (χ1n) is 9.11. The molecule has 0 aromatic heterocycles. The molecule has 1 amide bonds. The first-order valence-corrected chi connectivity index (χ1v) is 10.5. The standard InChI is InChI=1S/C18H27N3O3S.ClH/c22-18(20-11-9-15-8-10-19-13-15)16-5-4-12-21(14-16)25(23,24)17-6-2-1-3-7-17;/h1-3,6-7,15-16,19H,4-5,8-14H2,(H,20,22);1H. The largest absolute Gasteiger partial charge is 0.356 e. The van der Waals surface area contributed by atoms with Crippen molar-refractivity contribution in [1.29, 1.82) is 0 Å². The molecule has 26 heavy (non-hydrogen) atoms. The normalized spacial score (nSPS) is 24.0. The average Bonchev–Trinajstić information content (AvgIpc) is 3.16. The molecule has 2 N–H and O–H groups in total. The Labute approximate surface area is 162 Å². The Kier molecular flexibility index (Phi) is 7.88. The summed E-state index contributed by atoms with van der Waals surface area (Å²) in [6.45, 7) is 3.52. The maximum Gasteiger partial charge on any atom is 0.243 e. The number of nitrogens with zero attached hydrogens (tertiary/aromatic N) is 1. The molecule has 2 saturated heterocycles. The molecule has 0 bridgehead atoms. The van der Waals surface area contributed by atoms with Gasteiger partial charge in [-0.1, -0.05) is 18.2 Å². The maximum absolute atomic E-state index is 12.7. The van der Waals surface area contributed by atoms with Gasteiger partial charge in [0.15, 0.2) is 0 Å². The lowest BCUT2D eigenvalue weighted by Crippen LogP contribution is -2.45. The Morgan fingerprint density at radius 1 is 1.23 bits per heavy atom. The van der Waals surface area contributed by atoms with Crippen LogP contribution in [-0.4, -0.2) is 51.4 Å². The molecule has 3 rings (SSSR count). The van der Waals surface area contributed by atoms with Crippen molar-refractivity contribution in [2.75, 3.05) is 32.7 Å². The van der Waals surface area contributed by atoms with Crippen molar-refractivity contribution in [3.8, 4) is 0 Å². The van der Waals surface area contributed by atoms with Gasteiger partial charge in [-0.05, 0) is 56.8 Å². The van der Waals surface area contributed by atoms with Crippen molar-refractivity contribution in [1.82, 2.24) is 14.9 Å². The first-order chi connectivity index (χ1) is 12.1. The van der Waals surface area contributed by atoms with E-state index in [0.717, 1.165) is 32.4 Å². The van der Waals surface area contributed by atoms with E-state index in [4.69, 9.17) is 0 Å². The number of rotatable bonds is 6. The van der Waals surface area contributed by atoms with Gasteiger partial charge >= 0.3 is 0 Å². The summed E-state index contributed by atoms with van der Waals surface area (Å²) in [6, 6.07) is 8.45. The van der Waals surface area contributed by atoms with Gasteiger partial charge in [-0.25, -0.2) is 8.42 Å². The quantitative estimate of drug-likeness (QED) is 0.759. The third-order valence-electron chi connectivity index (χ3n) is 5.15. The number of carbonyl (C=O) groups excluding carboxylic acids is 1. The van der Waals surface area contributed by atoms with Crippen molar-refractivity contribution in [3.63, 3.8) is 0 Å². The number of piperidine rings is 1. The summed E-state index contributed by atoms with van der Waals surface area (Å²) in [5.41, 5.74) is 0. The fourth-order valence-corrected chi connectivity index (χ4v) is 5.17. The highest BCUT2D eigenvalue weighted by Crippen LogP contribution is 2.23. The summed E-state index contributed by atoms with van der Waals surface area (Å²) < 4.78 is 26.9. The predicted octanol–water partition coefficient (Wildman–Crippen LogP) is 1.62. The molecule has 1 aromatic rings. The Morgan fingerprint density at radius 3 is 2.69 bits per heavy atom. The van der Waals surface area contributed by atoms with Crippen LogP contribution in [0.4, 0.5) is 0 Å². The Hall–Kier alpha value is -1.15. The highest BCUT2D eigenvalue weighted by molar-refractivity contribution is 7.89. The van der Waals surface area contributed by atoms with Crippen LogP contribution in [0.1, 0.15) is 25.7 Å². The van der Waals surface area contributed by atoms with Crippen LogP contribution in [0.5, 0.6) is 0 Å². The fraction of sp³-hybridized carbons (Fsp3) is 0.611. The molecular formula is C18H28ClN3O3S. The number of hydrogen-bond donors (Lipinski definition) is 2. The smallest absolute Gasteiger partial charge is 0.243 e. The number of sulfonamides is 1. The van der Waals surface area contributed by atoms with E-state index in [1.165, 1.54) is 10.7 Å². The molecule has 8 heteroatoms. The van der Waals surface area contributed by atoms with Crippen LogP contribution in [0.2, 0.25) is 0 Å². The lowest BCUT2D eigenvalue weighted by atomic mass is 9.98. The zero-order valence-corrected chi connectivity index (χ0v) is 16.5. The van der Waals surface area contributed by atoms with Crippen LogP contribution in [0.15, 0.2) is 35.2 Å². The number of nitrogens with one attached hydrogen (secondary N) is 2. The summed E-state index contributed by atoms with van der Waals surface area (Å²) in [4.78, 5) is 12.7. The lowest BCUT2D eigenvalue weighted by Gasteiger charge is -2.31. The van der Waals surface area contributed by atoms with Gasteiger partial charge in [-0.3, -0.25) is 4.79 Å².